The maximum Gasteiger partial charge on any atom is 0.164 e. The fourth-order valence-electron chi connectivity index (χ4n) is 1.96. The zero-order valence-corrected chi connectivity index (χ0v) is 13.5. The molecule has 1 aromatic heterocycles. The van der Waals surface area contributed by atoms with Gasteiger partial charge < -0.3 is 0 Å². The summed E-state index contributed by atoms with van der Waals surface area (Å²) >= 11 is 13.5. The standard InChI is InChI=1S/C11H14Cl2N2O2S2/c1-19(16,17)11-7-18-3-2-15(11)6-8-5-14-10(13)4-9(8)12/h4-5,11H,2-3,6-7H2,1H3. The van der Waals surface area contributed by atoms with E-state index in [1.807, 2.05) is 4.90 Å². The minimum atomic E-state index is -3.10. The zero-order chi connectivity index (χ0) is 14.0. The molecule has 0 aromatic carbocycles. The average molecular weight is 341 g/mol. The molecule has 19 heavy (non-hydrogen) atoms. The fourth-order valence-corrected chi connectivity index (χ4v) is 5.33. The van der Waals surface area contributed by atoms with Crippen LogP contribution in [0.15, 0.2) is 12.3 Å². The quantitative estimate of drug-likeness (QED) is 0.790. The molecule has 2 rings (SSSR count). The smallest absolute Gasteiger partial charge is 0.164 e. The van der Waals surface area contributed by atoms with Crippen LogP contribution in [0.25, 0.3) is 0 Å². The van der Waals surface area contributed by atoms with Gasteiger partial charge in [0.25, 0.3) is 0 Å². The summed E-state index contributed by atoms with van der Waals surface area (Å²) in [5.41, 5.74) is 0.798. The topological polar surface area (TPSA) is 50.3 Å². The van der Waals surface area contributed by atoms with E-state index in [1.165, 1.54) is 6.26 Å². The van der Waals surface area contributed by atoms with E-state index in [4.69, 9.17) is 23.2 Å². The Morgan fingerprint density at radius 2 is 2.26 bits per heavy atom. The number of thioether (sulfide) groups is 1. The highest BCUT2D eigenvalue weighted by atomic mass is 35.5. The summed E-state index contributed by atoms with van der Waals surface area (Å²) in [6, 6.07) is 1.58. The van der Waals surface area contributed by atoms with Gasteiger partial charge in [-0.1, -0.05) is 23.2 Å². The van der Waals surface area contributed by atoms with Crippen LogP contribution in [0.1, 0.15) is 5.56 Å². The fraction of sp³-hybridized carbons (Fsp3) is 0.545. The van der Waals surface area contributed by atoms with Gasteiger partial charge in [-0.2, -0.15) is 11.8 Å². The van der Waals surface area contributed by atoms with E-state index in [2.05, 4.69) is 4.98 Å². The molecule has 4 nitrogen and oxygen atoms in total. The van der Waals surface area contributed by atoms with Crippen molar-refractivity contribution < 1.29 is 8.42 Å². The molecule has 0 aliphatic carbocycles. The molecule has 106 valence electrons. The van der Waals surface area contributed by atoms with Crippen LogP contribution in [-0.4, -0.2) is 48.0 Å². The largest absolute Gasteiger partial charge is 0.281 e. The molecule has 1 saturated heterocycles. The Hall–Kier alpha value is -0.0100. The Morgan fingerprint density at radius 1 is 1.53 bits per heavy atom. The summed E-state index contributed by atoms with van der Waals surface area (Å²) in [7, 11) is -3.10. The molecule has 2 heterocycles. The monoisotopic (exact) mass is 340 g/mol. The summed E-state index contributed by atoms with van der Waals surface area (Å²) < 4.78 is 23.6. The summed E-state index contributed by atoms with van der Waals surface area (Å²) in [6.07, 6.45) is 2.88. The molecule has 8 heteroatoms. The van der Waals surface area contributed by atoms with Crippen LogP contribution in [0, 0.1) is 0 Å². The van der Waals surface area contributed by atoms with E-state index in [-0.39, 0.29) is 0 Å². The third-order valence-electron chi connectivity index (χ3n) is 2.95. The van der Waals surface area contributed by atoms with Crippen LogP contribution < -0.4 is 0 Å². The number of hydrogen-bond acceptors (Lipinski definition) is 5. The van der Waals surface area contributed by atoms with E-state index in [9.17, 15) is 8.42 Å². The molecule has 1 atom stereocenters. The molecule has 1 aliphatic rings. The first-order chi connectivity index (χ1) is 8.88. The van der Waals surface area contributed by atoms with Gasteiger partial charge in [-0.15, -0.1) is 0 Å². The van der Waals surface area contributed by atoms with Gasteiger partial charge in [0.05, 0.1) is 0 Å². The van der Waals surface area contributed by atoms with Gasteiger partial charge in [0.15, 0.2) is 9.84 Å². The normalized spacial score (nSPS) is 21.5. The Bertz CT molecular complexity index is 566. The lowest BCUT2D eigenvalue weighted by molar-refractivity contribution is 0.262. The summed E-state index contributed by atoms with van der Waals surface area (Å²) in [6.45, 7) is 1.20. The number of aromatic nitrogens is 1. The van der Waals surface area contributed by atoms with E-state index < -0.39 is 15.2 Å². The summed E-state index contributed by atoms with van der Waals surface area (Å²) in [4.78, 5) is 5.93. The van der Waals surface area contributed by atoms with Gasteiger partial charge in [-0.25, -0.2) is 13.4 Å². The SMILES string of the molecule is CS(=O)(=O)C1CSCCN1Cc1cnc(Cl)cc1Cl. The third-order valence-corrected chi connectivity index (χ3v) is 6.20. The Labute approximate surface area is 127 Å². The Morgan fingerprint density at radius 3 is 2.89 bits per heavy atom. The predicted molar refractivity (Wildman–Crippen MR) is 80.6 cm³/mol. The van der Waals surface area contributed by atoms with E-state index in [0.29, 0.717) is 22.5 Å². The maximum absolute atomic E-state index is 11.8. The minimum absolute atomic E-state index is 0.336. The molecule has 0 radical (unpaired) electrons. The van der Waals surface area contributed by atoms with Crippen LogP contribution in [0.3, 0.4) is 0 Å². The maximum atomic E-state index is 11.8. The predicted octanol–water partition coefficient (Wildman–Crippen LogP) is 2.31. The van der Waals surface area contributed by atoms with Crippen LogP contribution >= 0.6 is 35.0 Å². The summed E-state index contributed by atoms with van der Waals surface area (Å²) in [5, 5.41) is 0.395. The molecule has 0 bridgehead atoms. The number of halogens is 2. The van der Waals surface area contributed by atoms with Crippen molar-refractivity contribution in [3.63, 3.8) is 0 Å². The number of hydrogen-bond donors (Lipinski definition) is 0. The van der Waals surface area contributed by atoms with Crippen LogP contribution in [-0.2, 0) is 16.4 Å². The average Bonchev–Trinajstić information content (AvgIpc) is 2.32. The van der Waals surface area contributed by atoms with Crippen LogP contribution in [0.5, 0.6) is 0 Å². The second-order valence-corrected chi connectivity index (χ2v) is 8.58. The molecule has 1 unspecified atom stereocenters. The lowest BCUT2D eigenvalue weighted by Gasteiger charge is -2.34. The van der Waals surface area contributed by atoms with E-state index in [1.54, 1.807) is 24.0 Å². The van der Waals surface area contributed by atoms with Gasteiger partial charge in [0.1, 0.15) is 10.5 Å². The van der Waals surface area contributed by atoms with Crippen molar-refractivity contribution in [2.75, 3.05) is 24.3 Å². The van der Waals surface area contributed by atoms with Gasteiger partial charge >= 0.3 is 0 Å². The van der Waals surface area contributed by atoms with Crippen molar-refractivity contribution in [2.45, 2.75) is 11.9 Å². The minimum Gasteiger partial charge on any atom is -0.281 e. The first-order valence-electron chi connectivity index (χ1n) is 5.68. The van der Waals surface area contributed by atoms with Crippen molar-refractivity contribution >= 4 is 44.8 Å². The van der Waals surface area contributed by atoms with Gasteiger partial charge in [0, 0.05) is 47.6 Å². The Kier molecular flexibility index (Phi) is 5.00. The van der Waals surface area contributed by atoms with Gasteiger partial charge in [-0.3, -0.25) is 4.90 Å². The van der Waals surface area contributed by atoms with Crippen molar-refractivity contribution in [3.05, 3.63) is 28.0 Å². The van der Waals surface area contributed by atoms with Crippen molar-refractivity contribution in [1.82, 2.24) is 9.88 Å². The number of pyridine rings is 1. The molecule has 1 aliphatic heterocycles. The molecule has 0 N–H and O–H groups in total. The number of rotatable bonds is 3. The molecule has 0 saturated carbocycles. The van der Waals surface area contributed by atoms with E-state index in [0.717, 1.165) is 17.9 Å². The van der Waals surface area contributed by atoms with Crippen molar-refractivity contribution in [1.29, 1.82) is 0 Å². The van der Waals surface area contributed by atoms with Crippen LogP contribution in [0.2, 0.25) is 10.2 Å². The molecule has 1 fully saturated rings. The lowest BCUT2D eigenvalue weighted by Crippen LogP contribution is -2.46. The van der Waals surface area contributed by atoms with E-state index >= 15 is 0 Å². The highest BCUT2D eigenvalue weighted by Gasteiger charge is 2.31. The van der Waals surface area contributed by atoms with Crippen molar-refractivity contribution in [2.24, 2.45) is 0 Å². The van der Waals surface area contributed by atoms with Gasteiger partial charge in [0.2, 0.25) is 0 Å². The summed E-state index contributed by atoms with van der Waals surface area (Å²) in [5.74, 6) is 1.52. The van der Waals surface area contributed by atoms with Crippen LogP contribution in [0.4, 0.5) is 0 Å². The third kappa shape index (κ3) is 3.98. The molecule has 0 amide bonds. The molecule has 0 spiro atoms. The molecule has 1 aromatic rings. The molecular formula is C11H14Cl2N2O2S2. The first kappa shape index (κ1) is 15.4. The Balaban J connectivity index is 2.20. The molecular weight excluding hydrogens is 327 g/mol. The number of sulfone groups is 1. The first-order valence-corrected chi connectivity index (χ1v) is 9.55. The number of nitrogens with zero attached hydrogens (tertiary/aromatic N) is 2. The lowest BCUT2D eigenvalue weighted by atomic mass is 10.2. The highest BCUT2D eigenvalue weighted by molar-refractivity contribution is 8.00. The van der Waals surface area contributed by atoms with Crippen molar-refractivity contribution in [3.8, 4) is 0 Å². The second kappa shape index (κ2) is 6.18. The zero-order valence-electron chi connectivity index (χ0n) is 10.3. The second-order valence-electron chi connectivity index (χ2n) is 4.43. The highest BCUT2D eigenvalue weighted by Crippen LogP contribution is 2.25. The van der Waals surface area contributed by atoms with Gasteiger partial charge in [-0.05, 0) is 6.07 Å².